The molecule has 0 bridgehead atoms. The Morgan fingerprint density at radius 3 is 2.76 bits per heavy atom. The number of ether oxygens (including phenoxy) is 2. The molecule has 0 aromatic heterocycles. The second kappa shape index (κ2) is 4.27. The van der Waals surface area contributed by atoms with Crippen LogP contribution in [-0.4, -0.2) is 18.4 Å². The summed E-state index contributed by atoms with van der Waals surface area (Å²) in [4.78, 5) is 11.9. The average Bonchev–Trinajstić information content (AvgIpc) is 2.47. The van der Waals surface area contributed by atoms with Crippen molar-refractivity contribution in [3.8, 4) is 0 Å². The summed E-state index contributed by atoms with van der Waals surface area (Å²) in [5.74, 6) is 1.67. The zero-order valence-corrected chi connectivity index (χ0v) is 10.7. The van der Waals surface area contributed by atoms with Crippen molar-refractivity contribution in [3.63, 3.8) is 0 Å². The molecule has 1 aliphatic carbocycles. The summed E-state index contributed by atoms with van der Waals surface area (Å²) in [6, 6.07) is 0. The Balaban J connectivity index is 1.90. The van der Waals surface area contributed by atoms with Crippen LogP contribution in [0.1, 0.15) is 46.0 Å². The van der Waals surface area contributed by atoms with Crippen LogP contribution in [0.2, 0.25) is 0 Å². The Morgan fingerprint density at radius 2 is 1.94 bits per heavy atom. The van der Waals surface area contributed by atoms with Gasteiger partial charge in [-0.15, -0.1) is 0 Å². The first-order chi connectivity index (χ1) is 8.16. The van der Waals surface area contributed by atoms with Gasteiger partial charge in [-0.2, -0.15) is 0 Å². The maximum Gasteiger partial charge on any atom is 0.311 e. The number of rotatable bonds is 0. The lowest BCUT2D eigenvalue weighted by Gasteiger charge is -2.46. The third-order valence-electron chi connectivity index (χ3n) is 5.02. The van der Waals surface area contributed by atoms with Crippen LogP contribution >= 0.6 is 0 Å². The highest BCUT2D eigenvalue weighted by Crippen LogP contribution is 2.48. The number of hydrogen-bond donors (Lipinski definition) is 0. The maximum atomic E-state index is 11.9. The predicted octanol–water partition coefficient (Wildman–Crippen LogP) is 2.74. The van der Waals surface area contributed by atoms with Gasteiger partial charge in [0.2, 0.25) is 6.29 Å². The summed E-state index contributed by atoms with van der Waals surface area (Å²) in [6.07, 6.45) is 6.05. The van der Waals surface area contributed by atoms with E-state index < -0.39 is 0 Å². The van der Waals surface area contributed by atoms with E-state index in [4.69, 9.17) is 9.47 Å². The molecule has 0 amide bonds. The minimum absolute atomic E-state index is 0.0500. The lowest BCUT2D eigenvalue weighted by molar-refractivity contribution is -0.237. The first-order valence-corrected chi connectivity index (χ1v) is 7.03. The molecule has 0 N–H and O–H groups in total. The van der Waals surface area contributed by atoms with E-state index in [9.17, 15) is 4.79 Å². The molecule has 2 aliphatic heterocycles. The highest BCUT2D eigenvalue weighted by molar-refractivity contribution is 5.73. The van der Waals surface area contributed by atoms with Crippen LogP contribution in [0.4, 0.5) is 0 Å². The Bertz CT molecular complexity index is 315. The van der Waals surface area contributed by atoms with Crippen LogP contribution in [0.5, 0.6) is 0 Å². The van der Waals surface area contributed by atoms with E-state index in [0.29, 0.717) is 17.8 Å². The molecule has 2 heterocycles. The van der Waals surface area contributed by atoms with Gasteiger partial charge in [-0.3, -0.25) is 4.79 Å². The van der Waals surface area contributed by atoms with E-state index in [2.05, 4.69) is 6.92 Å². The summed E-state index contributed by atoms with van der Waals surface area (Å²) in [5, 5.41) is 0. The lowest BCUT2D eigenvalue weighted by Crippen LogP contribution is -2.49. The van der Waals surface area contributed by atoms with E-state index in [0.717, 1.165) is 6.42 Å². The summed E-state index contributed by atoms with van der Waals surface area (Å²) >= 11 is 0. The molecule has 96 valence electrons. The van der Waals surface area contributed by atoms with E-state index >= 15 is 0 Å². The summed E-state index contributed by atoms with van der Waals surface area (Å²) in [5.41, 5.74) is 0. The minimum atomic E-state index is -0.258. The molecule has 3 heteroatoms. The van der Waals surface area contributed by atoms with Crippen molar-refractivity contribution in [1.29, 1.82) is 0 Å². The smallest absolute Gasteiger partial charge is 0.311 e. The summed E-state index contributed by atoms with van der Waals surface area (Å²) in [6.45, 7) is 4.12. The van der Waals surface area contributed by atoms with E-state index in [1.54, 1.807) is 0 Å². The molecule has 3 fully saturated rings. The van der Waals surface area contributed by atoms with Crippen LogP contribution in [-0.2, 0) is 14.3 Å². The largest absolute Gasteiger partial charge is 0.435 e. The molecule has 0 radical (unpaired) electrons. The Labute approximate surface area is 103 Å². The standard InChI is InChI=1S/C14H22O3/c1-8-6-7-10-4-3-5-11-9(2)13(15)17-14(16-8)12(10)11/h8-12,14H,3-7H2,1-2H3. The first kappa shape index (κ1) is 11.5. The molecule has 1 saturated carbocycles. The monoisotopic (exact) mass is 238 g/mol. The van der Waals surface area contributed by atoms with Gasteiger partial charge in [0, 0.05) is 5.92 Å². The molecular weight excluding hydrogens is 216 g/mol. The van der Waals surface area contributed by atoms with Gasteiger partial charge in [-0.25, -0.2) is 0 Å². The molecule has 0 aromatic rings. The summed E-state index contributed by atoms with van der Waals surface area (Å²) in [7, 11) is 0. The van der Waals surface area contributed by atoms with Crippen molar-refractivity contribution in [2.45, 2.75) is 58.3 Å². The van der Waals surface area contributed by atoms with Gasteiger partial charge in [-0.05, 0) is 44.4 Å². The van der Waals surface area contributed by atoms with Gasteiger partial charge < -0.3 is 9.47 Å². The van der Waals surface area contributed by atoms with Crippen molar-refractivity contribution in [3.05, 3.63) is 0 Å². The van der Waals surface area contributed by atoms with Gasteiger partial charge in [-0.1, -0.05) is 13.3 Å². The van der Waals surface area contributed by atoms with E-state index in [1.807, 2.05) is 6.92 Å². The molecule has 3 rings (SSSR count). The topological polar surface area (TPSA) is 35.5 Å². The fourth-order valence-electron chi connectivity index (χ4n) is 4.03. The Hall–Kier alpha value is -0.570. The van der Waals surface area contributed by atoms with Crippen molar-refractivity contribution >= 4 is 5.97 Å². The third-order valence-corrected chi connectivity index (χ3v) is 5.02. The maximum absolute atomic E-state index is 11.9. The van der Waals surface area contributed by atoms with Gasteiger partial charge in [0.15, 0.2) is 0 Å². The molecule has 0 aromatic carbocycles. The zero-order valence-electron chi connectivity index (χ0n) is 10.7. The van der Waals surface area contributed by atoms with Crippen molar-refractivity contribution in [2.24, 2.45) is 23.7 Å². The second-order valence-electron chi connectivity index (χ2n) is 6.05. The van der Waals surface area contributed by atoms with Crippen LogP contribution in [0.3, 0.4) is 0 Å². The van der Waals surface area contributed by atoms with Crippen LogP contribution in [0.25, 0.3) is 0 Å². The highest BCUT2D eigenvalue weighted by atomic mass is 16.7. The lowest BCUT2D eigenvalue weighted by atomic mass is 9.65. The molecule has 2 saturated heterocycles. The van der Waals surface area contributed by atoms with Crippen LogP contribution in [0, 0.1) is 23.7 Å². The van der Waals surface area contributed by atoms with Crippen LogP contribution < -0.4 is 0 Å². The highest BCUT2D eigenvalue weighted by Gasteiger charge is 2.50. The Morgan fingerprint density at radius 1 is 1.12 bits per heavy atom. The van der Waals surface area contributed by atoms with E-state index in [-0.39, 0.29) is 24.3 Å². The molecule has 3 aliphatic rings. The second-order valence-corrected chi connectivity index (χ2v) is 6.05. The number of carbonyl (C=O) groups is 1. The van der Waals surface area contributed by atoms with Crippen molar-refractivity contribution in [2.75, 3.05) is 0 Å². The molecule has 17 heavy (non-hydrogen) atoms. The number of carbonyl (C=O) groups excluding carboxylic acids is 1. The average molecular weight is 238 g/mol. The molecule has 0 spiro atoms. The van der Waals surface area contributed by atoms with Crippen LogP contribution in [0.15, 0.2) is 0 Å². The molecule has 3 nitrogen and oxygen atoms in total. The quantitative estimate of drug-likeness (QED) is 0.609. The number of hydrogen-bond acceptors (Lipinski definition) is 3. The van der Waals surface area contributed by atoms with E-state index in [1.165, 1.54) is 25.7 Å². The SMILES string of the molecule is CC1CCC2CCCC3C(C)C(=O)OC(O1)C23. The van der Waals surface area contributed by atoms with Crippen molar-refractivity contribution < 1.29 is 14.3 Å². The van der Waals surface area contributed by atoms with Gasteiger partial charge in [0.05, 0.1) is 12.0 Å². The normalized spacial score (nSPS) is 50.1. The first-order valence-electron chi connectivity index (χ1n) is 7.03. The fourth-order valence-corrected chi connectivity index (χ4v) is 4.03. The predicted molar refractivity (Wildman–Crippen MR) is 63.1 cm³/mol. The number of esters is 1. The van der Waals surface area contributed by atoms with Gasteiger partial charge in [0.25, 0.3) is 0 Å². The van der Waals surface area contributed by atoms with Gasteiger partial charge in [0.1, 0.15) is 0 Å². The molecular formula is C14H22O3. The Kier molecular flexibility index (Phi) is 2.89. The van der Waals surface area contributed by atoms with Crippen molar-refractivity contribution in [1.82, 2.24) is 0 Å². The summed E-state index contributed by atoms with van der Waals surface area (Å²) < 4.78 is 11.5. The fraction of sp³-hybridized carbons (Fsp3) is 0.929. The third kappa shape index (κ3) is 1.88. The van der Waals surface area contributed by atoms with Gasteiger partial charge >= 0.3 is 5.97 Å². The molecule has 6 unspecified atom stereocenters. The minimum Gasteiger partial charge on any atom is -0.435 e. The molecule has 6 atom stereocenters. The zero-order chi connectivity index (χ0) is 12.0.